The van der Waals surface area contributed by atoms with Gasteiger partial charge in [-0.15, -0.1) is 0 Å². The Kier molecular flexibility index (Phi) is 40.4. The van der Waals surface area contributed by atoms with Gasteiger partial charge in [0.2, 0.25) is 0 Å². The Bertz CT molecular complexity index is 7610. The van der Waals surface area contributed by atoms with Gasteiger partial charge in [-0.1, -0.05) is 458 Å². The number of rotatable bonds is 0. The fourth-order valence-electron chi connectivity index (χ4n) is 20.2. The molecule has 0 spiro atoms. The summed E-state index contributed by atoms with van der Waals surface area (Å²) in [5.74, 6) is 0. The lowest BCUT2D eigenvalue weighted by molar-refractivity contribution is 1.21. The zero-order chi connectivity index (χ0) is 100. The molecule has 137 heavy (non-hydrogen) atoms. The minimum Gasteiger partial charge on any atom is -0.291 e. The Morgan fingerprint density at radius 3 is 0.766 bits per heavy atom. The van der Waals surface area contributed by atoms with E-state index >= 15 is 0 Å². The summed E-state index contributed by atoms with van der Waals surface area (Å²) in [6, 6.07) is 107. The minimum absolute atomic E-state index is 0.951. The fraction of sp³-hybridized carbons (Fsp3) is 0.290. The van der Waals surface area contributed by atoms with Gasteiger partial charge in [0.25, 0.3) is 0 Å². The third-order valence-corrected chi connectivity index (χ3v) is 24.6. The van der Waals surface area contributed by atoms with Gasteiger partial charge in [0.15, 0.2) is 0 Å². The molecule has 15 aromatic carbocycles. The van der Waals surface area contributed by atoms with Crippen molar-refractivity contribution < 1.29 is 0 Å². The van der Waals surface area contributed by atoms with Crippen LogP contribution in [0.15, 0.2) is 291 Å². The predicted molar refractivity (Wildman–Crippen MR) is 614 cm³/mol. The van der Waals surface area contributed by atoms with Crippen molar-refractivity contribution in [2.24, 2.45) is 0 Å². The average molecular weight is 1810 g/mol. The summed E-state index contributed by atoms with van der Waals surface area (Å²) in [6.07, 6.45) is 5.96. The van der Waals surface area contributed by atoms with E-state index in [1.807, 2.05) is 222 Å². The molecule has 6 aromatic heterocycles. The Labute approximate surface area is 822 Å². The summed E-state index contributed by atoms with van der Waals surface area (Å²) in [7, 11) is 0. The van der Waals surface area contributed by atoms with Crippen molar-refractivity contribution in [2.45, 2.75) is 260 Å². The molecule has 6 heterocycles. The van der Waals surface area contributed by atoms with E-state index in [2.05, 4.69) is 304 Å². The Morgan fingerprint density at radius 1 is 0.161 bits per heavy atom. The van der Waals surface area contributed by atoms with Gasteiger partial charge in [-0.3, -0.25) is 13.2 Å². The number of hydrogen-bond acceptors (Lipinski definition) is 3. The van der Waals surface area contributed by atoms with Gasteiger partial charge in [0.05, 0.1) is 49.7 Å². The Balaban J connectivity index is 0.000000201. The molecule has 6 aliphatic carbocycles. The van der Waals surface area contributed by atoms with E-state index in [9.17, 15) is 0 Å². The van der Waals surface area contributed by atoms with Gasteiger partial charge < -0.3 is 0 Å². The third-order valence-electron chi connectivity index (χ3n) is 24.6. The first-order valence-electron chi connectivity index (χ1n) is 53.0. The lowest BCUT2D eigenvalue weighted by Crippen LogP contribution is -1.93. The van der Waals surface area contributed by atoms with Gasteiger partial charge >= 0.3 is 0 Å². The number of para-hydroxylation sites is 3. The lowest BCUT2D eigenvalue weighted by Gasteiger charge is -2.11. The molecule has 0 atom stereocenters. The molecule has 27 rings (SSSR count). The molecule has 0 amide bonds. The van der Waals surface area contributed by atoms with Crippen LogP contribution < -0.4 is 0 Å². The number of imidazole rings is 3. The number of benzene rings is 15. The summed E-state index contributed by atoms with van der Waals surface area (Å²) in [4.78, 5) is 15.6. The number of nitrogens with zero attached hydrogens (tertiary/aromatic N) is 6. The summed E-state index contributed by atoms with van der Waals surface area (Å²) in [5.41, 5.74) is 47.9. The molecule has 0 N–H and O–H groups in total. The SMILES string of the molecule is CC.CC.CC.CC.CC.CC.CC.CC.CC.CC.CC.CC.CC.CC.CC.CC.c1ccc2c(c1)Cc1cc3c(cc1-2)-c1ccc2nc4c5ccccc5c5ccccc5n4c2c1C3.c1ccc2c(c1)Cc1cc3c(cc1-2)Cc1c-3ccc2nc3c4ccccc4c4ccccc4n3c12.c1ccc2c(c1)Cc1ccc3c(c1-2)-c1ccc2nc4c5ccccc5c5ccccc5n4c2c1C3. The fourth-order valence-corrected chi connectivity index (χ4v) is 20.2. The molecular weight excluding hydrogens is 1660 g/mol. The summed E-state index contributed by atoms with van der Waals surface area (Å²) < 4.78 is 7.26. The van der Waals surface area contributed by atoms with Crippen LogP contribution in [0.3, 0.4) is 0 Å². The second-order valence-corrected chi connectivity index (χ2v) is 29.9. The van der Waals surface area contributed by atoms with E-state index in [1.165, 1.54) is 215 Å². The van der Waals surface area contributed by atoms with Crippen molar-refractivity contribution in [3.8, 4) is 66.8 Å². The topological polar surface area (TPSA) is 51.9 Å². The smallest absolute Gasteiger partial charge is 0.146 e. The van der Waals surface area contributed by atoms with Gasteiger partial charge in [-0.05, 0) is 224 Å². The lowest BCUT2D eigenvalue weighted by atomic mass is 9.94. The third kappa shape index (κ3) is 19.1. The second-order valence-electron chi connectivity index (χ2n) is 29.9. The van der Waals surface area contributed by atoms with Crippen LogP contribution in [0.2, 0.25) is 0 Å². The van der Waals surface area contributed by atoms with Crippen LogP contribution in [-0.4, -0.2) is 28.2 Å². The number of fused-ring (bicyclic) bond motifs is 46. The molecule has 0 aliphatic heterocycles. The highest BCUT2D eigenvalue weighted by molar-refractivity contribution is 6.18. The van der Waals surface area contributed by atoms with Gasteiger partial charge in [-0.2, -0.15) is 0 Å². The van der Waals surface area contributed by atoms with E-state index in [4.69, 9.17) is 15.0 Å². The average Bonchev–Trinajstić information content (AvgIpc) is 1.55. The monoisotopic (exact) mass is 1810 g/mol. The van der Waals surface area contributed by atoms with Crippen LogP contribution in [0.25, 0.3) is 182 Å². The van der Waals surface area contributed by atoms with Crippen molar-refractivity contribution in [3.63, 3.8) is 0 Å². The van der Waals surface area contributed by atoms with Gasteiger partial charge in [-0.25, -0.2) is 15.0 Å². The maximum atomic E-state index is 5.21. The molecule has 0 saturated heterocycles. The first-order chi connectivity index (χ1) is 68.1. The van der Waals surface area contributed by atoms with E-state index in [0.29, 0.717) is 0 Å². The van der Waals surface area contributed by atoms with Crippen molar-refractivity contribution >= 4 is 115 Å². The van der Waals surface area contributed by atoms with Crippen molar-refractivity contribution in [1.82, 2.24) is 28.2 Å². The van der Waals surface area contributed by atoms with Gasteiger partial charge in [0.1, 0.15) is 16.9 Å². The van der Waals surface area contributed by atoms with Crippen LogP contribution in [-0.2, 0) is 38.5 Å². The van der Waals surface area contributed by atoms with Crippen molar-refractivity contribution in [3.05, 3.63) is 358 Å². The molecule has 710 valence electrons. The van der Waals surface area contributed by atoms with Crippen LogP contribution in [0, 0.1) is 0 Å². The van der Waals surface area contributed by atoms with E-state index in [0.717, 1.165) is 72.0 Å². The molecule has 0 radical (unpaired) electrons. The standard InChI is InChI=1S/3C33H20N2.16C2H6/c1-2-8-22-19(7-1)15-20-16-28-21(17-27(20)22)18-29-24(28)13-14-30-32(29)35-31-12-6-5-10-25(31)23-9-3-4-11-26(23)33(35)34-30;1-2-8-22-19(7-1)15-20-16-21-17-29-24(28(21)18-27(20)22)13-14-30-32(29)35-31-12-6-5-10-25(31)23-9-3-4-11-26(23)33(35)34-30;1-2-8-22-19(7-1)17-20-13-14-21-18-27-25(31(21)30(20)22)15-16-28-32(27)35-29-12-6-5-10-24(29)23-9-3-4-11-26(23)33(35)34-28;16*1-2/h1-14,16-17H,15,18H2;1-14,16,18H,15,17H2;1-16H,17-18H2;16*1-2H3. The highest BCUT2D eigenvalue weighted by Gasteiger charge is 2.34. The Morgan fingerprint density at radius 2 is 0.394 bits per heavy atom. The number of hydrogen-bond donors (Lipinski definition) is 0. The Hall–Kier alpha value is -13.3. The summed E-state index contributed by atoms with van der Waals surface area (Å²) in [5, 5.41) is 11.3. The molecular formula is C131H156N6. The molecule has 6 heteroatoms. The maximum absolute atomic E-state index is 5.21. The highest BCUT2D eigenvalue weighted by Crippen LogP contribution is 2.54. The second kappa shape index (κ2) is 51.6. The number of aromatic nitrogens is 6. The zero-order valence-electron chi connectivity index (χ0n) is 89.1. The first kappa shape index (κ1) is 107. The quantitative estimate of drug-likeness (QED) is 0.142. The molecule has 6 aliphatic rings. The normalized spacial score (nSPS) is 11.0. The van der Waals surface area contributed by atoms with E-state index < -0.39 is 0 Å². The maximum Gasteiger partial charge on any atom is 0.146 e. The minimum atomic E-state index is 0.951. The van der Waals surface area contributed by atoms with Gasteiger partial charge in [0, 0.05) is 51.6 Å². The van der Waals surface area contributed by atoms with E-state index in [1.54, 1.807) is 0 Å². The van der Waals surface area contributed by atoms with Crippen LogP contribution in [0.1, 0.15) is 288 Å². The molecule has 0 unspecified atom stereocenters. The largest absolute Gasteiger partial charge is 0.291 e. The first-order valence-corrected chi connectivity index (χ1v) is 53.0. The van der Waals surface area contributed by atoms with Crippen LogP contribution in [0.5, 0.6) is 0 Å². The summed E-state index contributed by atoms with van der Waals surface area (Å²) >= 11 is 0. The molecule has 0 saturated carbocycles. The molecule has 6 nitrogen and oxygen atoms in total. The van der Waals surface area contributed by atoms with Crippen LogP contribution in [0.4, 0.5) is 0 Å². The summed E-state index contributed by atoms with van der Waals surface area (Å²) in [6.45, 7) is 64.0. The van der Waals surface area contributed by atoms with Crippen molar-refractivity contribution in [1.29, 1.82) is 0 Å². The number of pyridine rings is 3. The van der Waals surface area contributed by atoms with Crippen LogP contribution >= 0.6 is 0 Å². The van der Waals surface area contributed by atoms with E-state index in [-0.39, 0.29) is 0 Å². The molecule has 21 aromatic rings. The highest BCUT2D eigenvalue weighted by atomic mass is 15.0. The zero-order valence-corrected chi connectivity index (χ0v) is 89.1. The predicted octanol–water partition coefficient (Wildman–Crippen LogP) is 40.2. The molecule has 0 fully saturated rings. The van der Waals surface area contributed by atoms with Crippen molar-refractivity contribution in [2.75, 3.05) is 0 Å². The molecule has 0 bridgehead atoms.